The molecule has 2 fully saturated rings. The molecule has 2 heterocycles. The number of thiazole rings is 1. The SMILES string of the molecule is CNCc1sc(N2CCC[C@H]3CCCC[C@H]32)nc1C(C)C. The summed E-state index contributed by atoms with van der Waals surface area (Å²) in [5, 5.41) is 4.60. The standard InChI is InChI=1S/C17H29N3S/c1-12(2)16-15(11-18-3)21-17(19-16)20-10-6-8-13-7-4-5-9-14(13)20/h12-14,18H,4-11H2,1-3H3/t13-,14-/m1/s1. The molecule has 0 spiro atoms. The molecular weight excluding hydrogens is 278 g/mol. The zero-order valence-corrected chi connectivity index (χ0v) is 14.5. The molecule has 2 aliphatic rings. The van der Waals surface area contributed by atoms with E-state index >= 15 is 0 Å². The Morgan fingerprint density at radius 1 is 1.24 bits per heavy atom. The van der Waals surface area contributed by atoms with Crippen LogP contribution in [0.3, 0.4) is 0 Å². The highest BCUT2D eigenvalue weighted by Crippen LogP contribution is 2.40. The molecule has 0 amide bonds. The molecule has 0 bridgehead atoms. The van der Waals surface area contributed by atoms with E-state index in [-0.39, 0.29) is 0 Å². The lowest BCUT2D eigenvalue weighted by Gasteiger charge is -2.44. The predicted octanol–water partition coefficient (Wildman–Crippen LogP) is 4.14. The van der Waals surface area contributed by atoms with Crippen molar-refractivity contribution in [3.05, 3.63) is 10.6 Å². The Morgan fingerprint density at radius 2 is 2.00 bits per heavy atom. The third kappa shape index (κ3) is 3.11. The zero-order valence-electron chi connectivity index (χ0n) is 13.7. The Bertz CT molecular complexity index is 467. The smallest absolute Gasteiger partial charge is 0.186 e. The van der Waals surface area contributed by atoms with Crippen LogP contribution in [0.4, 0.5) is 5.13 Å². The Balaban J connectivity index is 1.86. The molecule has 3 nitrogen and oxygen atoms in total. The lowest BCUT2D eigenvalue weighted by Crippen LogP contribution is -2.46. The highest BCUT2D eigenvalue weighted by Gasteiger charge is 2.35. The largest absolute Gasteiger partial charge is 0.345 e. The minimum Gasteiger partial charge on any atom is -0.345 e. The quantitative estimate of drug-likeness (QED) is 0.906. The number of piperidine rings is 1. The van der Waals surface area contributed by atoms with Crippen LogP contribution >= 0.6 is 11.3 Å². The van der Waals surface area contributed by atoms with Gasteiger partial charge in [-0.3, -0.25) is 0 Å². The highest BCUT2D eigenvalue weighted by molar-refractivity contribution is 7.15. The molecule has 118 valence electrons. The number of anilines is 1. The van der Waals surface area contributed by atoms with Crippen LogP contribution in [0.2, 0.25) is 0 Å². The summed E-state index contributed by atoms with van der Waals surface area (Å²) in [6.45, 7) is 6.69. The van der Waals surface area contributed by atoms with Gasteiger partial charge >= 0.3 is 0 Å². The van der Waals surface area contributed by atoms with Crippen molar-refractivity contribution < 1.29 is 0 Å². The van der Waals surface area contributed by atoms with Gasteiger partial charge in [0.1, 0.15) is 0 Å². The monoisotopic (exact) mass is 307 g/mol. The average Bonchev–Trinajstić information content (AvgIpc) is 2.91. The summed E-state index contributed by atoms with van der Waals surface area (Å²) in [4.78, 5) is 9.13. The molecule has 21 heavy (non-hydrogen) atoms. The summed E-state index contributed by atoms with van der Waals surface area (Å²) in [6, 6.07) is 0.765. The molecule has 4 heteroatoms. The van der Waals surface area contributed by atoms with E-state index in [4.69, 9.17) is 4.98 Å². The lowest BCUT2D eigenvalue weighted by atomic mass is 9.78. The molecule has 3 rings (SSSR count). The highest BCUT2D eigenvalue weighted by atomic mass is 32.1. The maximum absolute atomic E-state index is 5.05. The zero-order chi connectivity index (χ0) is 14.8. The fraction of sp³-hybridized carbons (Fsp3) is 0.824. The summed E-state index contributed by atoms with van der Waals surface area (Å²) in [5.74, 6) is 1.44. The van der Waals surface area contributed by atoms with E-state index in [9.17, 15) is 0 Å². The second kappa shape index (κ2) is 6.66. The van der Waals surface area contributed by atoms with E-state index in [0.717, 1.165) is 18.5 Å². The van der Waals surface area contributed by atoms with Crippen LogP contribution in [0.1, 0.15) is 68.9 Å². The van der Waals surface area contributed by atoms with Crippen molar-refractivity contribution in [3.8, 4) is 0 Å². The summed E-state index contributed by atoms with van der Waals surface area (Å²) in [6.07, 6.45) is 8.44. The fourth-order valence-corrected chi connectivity index (χ4v) is 5.38. The van der Waals surface area contributed by atoms with E-state index in [1.165, 1.54) is 60.8 Å². The molecule has 1 saturated carbocycles. The van der Waals surface area contributed by atoms with Gasteiger partial charge in [0.15, 0.2) is 5.13 Å². The first kappa shape index (κ1) is 15.3. The number of hydrogen-bond acceptors (Lipinski definition) is 4. The van der Waals surface area contributed by atoms with Gasteiger partial charge in [0.05, 0.1) is 5.69 Å². The maximum Gasteiger partial charge on any atom is 0.186 e. The summed E-state index contributed by atoms with van der Waals surface area (Å²) < 4.78 is 0. The molecule has 0 radical (unpaired) electrons. The van der Waals surface area contributed by atoms with Gasteiger partial charge in [0.25, 0.3) is 0 Å². The van der Waals surface area contributed by atoms with Gasteiger partial charge in [0.2, 0.25) is 0 Å². The summed E-state index contributed by atoms with van der Waals surface area (Å²) in [7, 11) is 2.03. The van der Waals surface area contributed by atoms with Crippen LogP contribution in [-0.4, -0.2) is 24.6 Å². The molecule has 0 aromatic carbocycles. The van der Waals surface area contributed by atoms with E-state index < -0.39 is 0 Å². The van der Waals surface area contributed by atoms with Gasteiger partial charge in [-0.1, -0.05) is 26.7 Å². The molecule has 1 aliphatic carbocycles. The van der Waals surface area contributed by atoms with Crippen molar-refractivity contribution in [1.29, 1.82) is 0 Å². The van der Waals surface area contributed by atoms with Crippen LogP contribution in [0.25, 0.3) is 0 Å². The van der Waals surface area contributed by atoms with Crippen molar-refractivity contribution in [1.82, 2.24) is 10.3 Å². The van der Waals surface area contributed by atoms with Crippen LogP contribution in [0, 0.1) is 5.92 Å². The van der Waals surface area contributed by atoms with Gasteiger partial charge in [-0.05, 0) is 44.6 Å². The Hall–Kier alpha value is -0.610. The number of rotatable bonds is 4. The molecule has 1 aromatic heterocycles. The normalized spacial score (nSPS) is 26.2. The molecule has 1 aliphatic heterocycles. The first-order chi connectivity index (χ1) is 10.2. The Morgan fingerprint density at radius 3 is 2.76 bits per heavy atom. The molecule has 1 saturated heterocycles. The first-order valence-electron chi connectivity index (χ1n) is 8.61. The molecule has 2 atom stereocenters. The number of nitrogens with one attached hydrogen (secondary N) is 1. The fourth-order valence-electron chi connectivity index (χ4n) is 4.07. The van der Waals surface area contributed by atoms with Crippen LogP contribution in [0.5, 0.6) is 0 Å². The topological polar surface area (TPSA) is 28.2 Å². The van der Waals surface area contributed by atoms with Crippen LogP contribution in [-0.2, 0) is 6.54 Å². The van der Waals surface area contributed by atoms with Crippen molar-refractivity contribution >= 4 is 16.5 Å². The van der Waals surface area contributed by atoms with Crippen molar-refractivity contribution in [2.45, 2.75) is 70.9 Å². The minimum absolute atomic E-state index is 0.519. The van der Waals surface area contributed by atoms with Crippen molar-refractivity contribution in [3.63, 3.8) is 0 Å². The van der Waals surface area contributed by atoms with Gasteiger partial charge in [0, 0.05) is 24.0 Å². The Kier molecular flexibility index (Phi) is 4.85. The van der Waals surface area contributed by atoms with Gasteiger partial charge in [-0.25, -0.2) is 4.98 Å². The van der Waals surface area contributed by atoms with E-state index in [2.05, 4.69) is 24.1 Å². The second-order valence-electron chi connectivity index (χ2n) is 6.94. The van der Waals surface area contributed by atoms with Gasteiger partial charge in [-0.2, -0.15) is 0 Å². The third-order valence-electron chi connectivity index (χ3n) is 5.09. The lowest BCUT2D eigenvalue weighted by molar-refractivity contribution is 0.243. The number of nitrogens with zero attached hydrogens (tertiary/aromatic N) is 2. The van der Waals surface area contributed by atoms with Gasteiger partial charge < -0.3 is 10.2 Å². The summed E-state index contributed by atoms with van der Waals surface area (Å²) in [5.41, 5.74) is 1.31. The molecule has 1 aromatic rings. The van der Waals surface area contributed by atoms with E-state index in [0.29, 0.717) is 5.92 Å². The van der Waals surface area contributed by atoms with Crippen LogP contribution < -0.4 is 10.2 Å². The second-order valence-corrected chi connectivity index (χ2v) is 8.00. The number of aromatic nitrogens is 1. The number of hydrogen-bond donors (Lipinski definition) is 1. The van der Waals surface area contributed by atoms with E-state index in [1.54, 1.807) is 0 Å². The third-order valence-corrected chi connectivity index (χ3v) is 6.20. The number of fused-ring (bicyclic) bond motifs is 1. The average molecular weight is 308 g/mol. The van der Waals surface area contributed by atoms with Crippen molar-refractivity contribution in [2.75, 3.05) is 18.5 Å². The predicted molar refractivity (Wildman–Crippen MR) is 91.3 cm³/mol. The molecular formula is C17H29N3S. The van der Waals surface area contributed by atoms with Gasteiger partial charge in [-0.15, -0.1) is 11.3 Å². The Labute approximate surface area is 133 Å². The summed E-state index contributed by atoms with van der Waals surface area (Å²) >= 11 is 1.93. The molecule has 1 N–H and O–H groups in total. The van der Waals surface area contributed by atoms with Crippen LogP contribution in [0.15, 0.2) is 0 Å². The van der Waals surface area contributed by atoms with E-state index in [1.807, 2.05) is 18.4 Å². The van der Waals surface area contributed by atoms with Crippen molar-refractivity contribution in [2.24, 2.45) is 5.92 Å². The maximum atomic E-state index is 5.05. The first-order valence-corrected chi connectivity index (χ1v) is 9.43. The minimum atomic E-state index is 0.519. The molecule has 0 unspecified atom stereocenters.